The van der Waals surface area contributed by atoms with Crippen LogP contribution in [0.1, 0.15) is 69.1 Å². The van der Waals surface area contributed by atoms with E-state index < -0.39 is 46.5 Å². The molecular formula is C28H34F2N8O3S. The van der Waals surface area contributed by atoms with Crippen molar-refractivity contribution in [3.8, 4) is 10.6 Å². The van der Waals surface area contributed by atoms with Crippen molar-refractivity contribution in [2.24, 2.45) is 11.1 Å². The normalized spacial score (nSPS) is 15.2. The van der Waals surface area contributed by atoms with E-state index in [1.54, 1.807) is 6.20 Å². The number of carbonyl (C=O) groups excluding carboxylic acids is 2. The summed E-state index contributed by atoms with van der Waals surface area (Å²) in [6.45, 7) is 5.38. The number of nitrogens with one attached hydrogen (secondary N) is 3. The quantitative estimate of drug-likeness (QED) is 0.154. The molecule has 224 valence electrons. The lowest BCUT2D eigenvalue weighted by Gasteiger charge is -2.24. The Labute approximate surface area is 246 Å². The number of ether oxygens (including phenoxy) is 1. The standard InChI is InChI=1S/C28H34F2N8O3S/c1-28(2,3)24(32)27(40)41-15-38-13-16(11-34-38)26-36-20(14-42-26)25(39)35-19(12-33-17-7-5-4-6-8-17)22(31)23-18(29)9-10-21(30)37-23/h9-14,17,24,31,33H,4-8,15,32H2,1-3H3,(H,35,39)/b19-12+,31-22?. The number of hydrogen-bond acceptors (Lipinski definition) is 10. The molecule has 1 fully saturated rings. The fourth-order valence-electron chi connectivity index (χ4n) is 4.18. The molecule has 0 saturated heterocycles. The second-order valence-electron chi connectivity index (χ2n) is 11.1. The van der Waals surface area contributed by atoms with Crippen LogP contribution in [0.2, 0.25) is 0 Å². The van der Waals surface area contributed by atoms with Crippen molar-refractivity contribution < 1.29 is 23.1 Å². The molecule has 5 N–H and O–H groups in total. The summed E-state index contributed by atoms with van der Waals surface area (Å²) in [7, 11) is 0. The van der Waals surface area contributed by atoms with Crippen LogP contribution in [-0.4, -0.2) is 49.4 Å². The van der Waals surface area contributed by atoms with E-state index in [0.717, 1.165) is 44.2 Å². The molecule has 1 aliphatic carbocycles. The second-order valence-corrected chi connectivity index (χ2v) is 12.0. The highest BCUT2D eigenvalue weighted by Crippen LogP contribution is 2.24. The lowest BCUT2D eigenvalue weighted by Crippen LogP contribution is -2.43. The van der Waals surface area contributed by atoms with Gasteiger partial charge in [-0.15, -0.1) is 11.3 Å². The van der Waals surface area contributed by atoms with Gasteiger partial charge in [0.2, 0.25) is 5.95 Å². The van der Waals surface area contributed by atoms with E-state index in [9.17, 15) is 18.4 Å². The number of rotatable bonds is 10. The molecule has 0 aromatic carbocycles. The van der Waals surface area contributed by atoms with Gasteiger partial charge in [-0.05, 0) is 30.4 Å². The van der Waals surface area contributed by atoms with Gasteiger partial charge in [-0.3, -0.25) is 15.0 Å². The van der Waals surface area contributed by atoms with E-state index >= 15 is 0 Å². The number of hydrogen-bond donors (Lipinski definition) is 4. The van der Waals surface area contributed by atoms with E-state index in [1.165, 1.54) is 33.8 Å². The molecule has 3 heterocycles. The van der Waals surface area contributed by atoms with E-state index in [2.05, 4.69) is 25.7 Å². The Morgan fingerprint density at radius 2 is 1.98 bits per heavy atom. The molecule has 3 aromatic rings. The third-order valence-corrected chi connectivity index (χ3v) is 7.67. The summed E-state index contributed by atoms with van der Waals surface area (Å²) in [6.07, 6.45) is 9.65. The highest BCUT2D eigenvalue weighted by atomic mass is 32.1. The van der Waals surface area contributed by atoms with E-state index in [0.29, 0.717) is 10.6 Å². The number of carbonyl (C=O) groups is 2. The van der Waals surface area contributed by atoms with Gasteiger partial charge in [-0.25, -0.2) is 19.0 Å². The molecule has 1 atom stereocenters. The smallest absolute Gasteiger partial charge is 0.325 e. The third-order valence-electron chi connectivity index (χ3n) is 6.78. The van der Waals surface area contributed by atoms with Gasteiger partial charge in [0.15, 0.2) is 12.5 Å². The Morgan fingerprint density at radius 1 is 1.24 bits per heavy atom. The summed E-state index contributed by atoms with van der Waals surface area (Å²) in [5.41, 5.74) is 5.04. The largest absolute Gasteiger partial charge is 0.441 e. The van der Waals surface area contributed by atoms with Gasteiger partial charge in [0.05, 0.1) is 11.9 Å². The Morgan fingerprint density at radius 3 is 2.69 bits per heavy atom. The minimum absolute atomic E-state index is 0.0503. The number of halogens is 2. The summed E-state index contributed by atoms with van der Waals surface area (Å²) in [5.74, 6) is -3.03. The number of allylic oxidation sites excluding steroid dienone is 1. The van der Waals surface area contributed by atoms with Crippen molar-refractivity contribution in [3.05, 3.63) is 65.0 Å². The van der Waals surface area contributed by atoms with Crippen molar-refractivity contribution in [1.82, 2.24) is 30.4 Å². The number of esters is 1. The Bertz CT molecular complexity index is 1470. The van der Waals surface area contributed by atoms with Crippen LogP contribution in [0.5, 0.6) is 0 Å². The first-order valence-electron chi connectivity index (χ1n) is 13.5. The van der Waals surface area contributed by atoms with Gasteiger partial charge in [0.25, 0.3) is 5.91 Å². The number of nitrogens with two attached hydrogens (primary N) is 1. The summed E-state index contributed by atoms with van der Waals surface area (Å²) in [5, 5.41) is 20.5. The number of nitrogens with zero attached hydrogens (tertiary/aromatic N) is 4. The van der Waals surface area contributed by atoms with E-state index in [-0.39, 0.29) is 24.2 Å². The first kappa shape index (κ1) is 30.9. The third kappa shape index (κ3) is 7.82. The second kappa shape index (κ2) is 13.3. The van der Waals surface area contributed by atoms with Crippen LogP contribution in [0.15, 0.2) is 41.8 Å². The molecule has 0 aliphatic heterocycles. The Hall–Kier alpha value is -4.04. The summed E-state index contributed by atoms with van der Waals surface area (Å²) in [4.78, 5) is 33.2. The molecule has 1 unspecified atom stereocenters. The fourth-order valence-corrected chi connectivity index (χ4v) is 4.95. The SMILES string of the molecule is CC(C)(C)C(N)C(=O)OCn1cc(-c2nc(C(=O)N/C(=C/NC3CCCCC3)C(=N)c3nc(F)ccc3F)cs2)cn1. The van der Waals surface area contributed by atoms with Crippen molar-refractivity contribution in [2.45, 2.75) is 71.7 Å². The lowest BCUT2D eigenvalue weighted by molar-refractivity contribution is -0.152. The molecule has 4 rings (SSSR count). The molecule has 0 bridgehead atoms. The summed E-state index contributed by atoms with van der Waals surface area (Å²) in [6, 6.07) is 1.08. The maximum absolute atomic E-state index is 14.4. The number of amides is 1. The van der Waals surface area contributed by atoms with E-state index in [4.69, 9.17) is 15.9 Å². The molecule has 1 amide bonds. The zero-order valence-electron chi connectivity index (χ0n) is 23.6. The molecule has 0 spiro atoms. The minimum atomic E-state index is -0.946. The molecule has 11 nitrogen and oxygen atoms in total. The van der Waals surface area contributed by atoms with Crippen LogP contribution in [-0.2, 0) is 16.3 Å². The Kier molecular flexibility index (Phi) is 9.78. The summed E-state index contributed by atoms with van der Waals surface area (Å²) < 4.78 is 34.9. The van der Waals surface area contributed by atoms with Crippen LogP contribution in [0.25, 0.3) is 10.6 Å². The molecule has 0 radical (unpaired) electrons. The van der Waals surface area contributed by atoms with Gasteiger partial charge in [-0.1, -0.05) is 40.0 Å². The monoisotopic (exact) mass is 600 g/mol. The maximum Gasteiger partial charge on any atom is 0.325 e. The average Bonchev–Trinajstić information content (AvgIpc) is 3.64. The van der Waals surface area contributed by atoms with Crippen LogP contribution in [0.4, 0.5) is 8.78 Å². The average molecular weight is 601 g/mol. The van der Waals surface area contributed by atoms with Crippen molar-refractivity contribution in [2.75, 3.05) is 0 Å². The van der Waals surface area contributed by atoms with Gasteiger partial charge < -0.3 is 21.1 Å². The molecule has 1 aliphatic rings. The molecule has 3 aromatic heterocycles. The van der Waals surface area contributed by atoms with Crippen molar-refractivity contribution in [3.63, 3.8) is 0 Å². The van der Waals surface area contributed by atoms with Gasteiger partial charge in [-0.2, -0.15) is 9.49 Å². The fraction of sp³-hybridized carbons (Fsp3) is 0.429. The van der Waals surface area contributed by atoms with E-state index in [1.807, 2.05) is 20.8 Å². The maximum atomic E-state index is 14.4. The molecule has 42 heavy (non-hydrogen) atoms. The highest BCUT2D eigenvalue weighted by molar-refractivity contribution is 7.13. The zero-order chi connectivity index (χ0) is 30.4. The number of aromatic nitrogens is 4. The molecule has 1 saturated carbocycles. The first-order chi connectivity index (χ1) is 19.9. The topological polar surface area (TPSA) is 161 Å². The molecular weight excluding hydrogens is 566 g/mol. The lowest BCUT2D eigenvalue weighted by atomic mass is 9.87. The highest BCUT2D eigenvalue weighted by Gasteiger charge is 2.29. The van der Waals surface area contributed by atoms with Gasteiger partial charge >= 0.3 is 5.97 Å². The number of pyridine rings is 1. The zero-order valence-corrected chi connectivity index (χ0v) is 24.4. The van der Waals surface area contributed by atoms with Crippen LogP contribution in [0.3, 0.4) is 0 Å². The van der Waals surface area contributed by atoms with Gasteiger partial charge in [0, 0.05) is 29.4 Å². The predicted octanol–water partition coefficient (Wildman–Crippen LogP) is 4.12. The van der Waals surface area contributed by atoms with Crippen LogP contribution >= 0.6 is 11.3 Å². The number of thiazole rings is 1. The minimum Gasteiger partial charge on any atom is -0.441 e. The van der Waals surface area contributed by atoms with Crippen molar-refractivity contribution in [1.29, 1.82) is 5.41 Å². The van der Waals surface area contributed by atoms with Gasteiger partial charge in [0.1, 0.15) is 28.1 Å². The predicted molar refractivity (Wildman–Crippen MR) is 153 cm³/mol. The Balaban J connectivity index is 1.46. The van der Waals surface area contributed by atoms with Crippen LogP contribution in [0, 0.1) is 22.6 Å². The molecule has 14 heteroatoms. The first-order valence-corrected chi connectivity index (χ1v) is 14.4. The van der Waals surface area contributed by atoms with Crippen LogP contribution < -0.4 is 16.4 Å². The summed E-state index contributed by atoms with van der Waals surface area (Å²) >= 11 is 1.19. The van der Waals surface area contributed by atoms with Crippen molar-refractivity contribution >= 4 is 28.9 Å².